The molecule has 0 radical (unpaired) electrons. The highest BCUT2D eigenvalue weighted by Crippen LogP contribution is 2.27. The molecule has 0 atom stereocenters. The van der Waals surface area contributed by atoms with Crippen molar-refractivity contribution >= 4 is 11.8 Å². The Labute approximate surface area is 143 Å². The van der Waals surface area contributed by atoms with Gasteiger partial charge in [-0.15, -0.1) is 0 Å². The zero-order chi connectivity index (χ0) is 16.9. The number of piperazine rings is 1. The zero-order valence-corrected chi connectivity index (χ0v) is 14.1. The number of nitrogens with zero attached hydrogens (tertiary/aromatic N) is 2. The predicted molar refractivity (Wildman–Crippen MR) is 91.8 cm³/mol. The molecule has 1 aromatic rings. The smallest absolute Gasteiger partial charge is 0.254 e. The SMILES string of the molecule is O=C(CC1CCCCC1)N1CCN(C(=O)c2cccc(O)c2)CC1. The van der Waals surface area contributed by atoms with E-state index in [1.165, 1.54) is 38.2 Å². The fourth-order valence-corrected chi connectivity index (χ4v) is 3.75. The van der Waals surface area contributed by atoms with Crippen LogP contribution in [0.25, 0.3) is 0 Å². The van der Waals surface area contributed by atoms with Crippen LogP contribution in [0.4, 0.5) is 0 Å². The molecule has 2 fully saturated rings. The standard InChI is InChI=1S/C19H26N2O3/c22-17-8-4-7-16(14-17)19(24)21-11-9-20(10-12-21)18(23)13-15-5-2-1-3-6-15/h4,7-8,14-15,22H,1-3,5-6,9-13H2. The molecule has 0 spiro atoms. The third-order valence-electron chi connectivity index (χ3n) is 5.20. The molecule has 1 saturated carbocycles. The molecule has 1 saturated heterocycles. The van der Waals surface area contributed by atoms with E-state index in [0.717, 1.165) is 0 Å². The summed E-state index contributed by atoms with van der Waals surface area (Å²) in [6, 6.07) is 6.43. The Bertz CT molecular complexity index is 588. The summed E-state index contributed by atoms with van der Waals surface area (Å²) in [4.78, 5) is 28.6. The third kappa shape index (κ3) is 4.08. The van der Waals surface area contributed by atoms with Gasteiger partial charge in [0.25, 0.3) is 5.91 Å². The third-order valence-corrected chi connectivity index (χ3v) is 5.20. The molecule has 1 aliphatic carbocycles. The molecule has 2 aliphatic rings. The highest BCUT2D eigenvalue weighted by molar-refractivity contribution is 5.94. The minimum Gasteiger partial charge on any atom is -0.508 e. The van der Waals surface area contributed by atoms with Gasteiger partial charge in [0.2, 0.25) is 5.91 Å². The molecule has 1 aromatic carbocycles. The van der Waals surface area contributed by atoms with Gasteiger partial charge in [-0.05, 0) is 37.0 Å². The maximum atomic E-state index is 12.5. The minimum absolute atomic E-state index is 0.0784. The van der Waals surface area contributed by atoms with Crippen LogP contribution in [-0.4, -0.2) is 52.9 Å². The van der Waals surface area contributed by atoms with E-state index in [1.807, 2.05) is 4.90 Å². The van der Waals surface area contributed by atoms with Gasteiger partial charge in [0.05, 0.1) is 0 Å². The fourth-order valence-electron chi connectivity index (χ4n) is 3.75. The summed E-state index contributed by atoms with van der Waals surface area (Å²) in [5.41, 5.74) is 0.497. The van der Waals surface area contributed by atoms with Gasteiger partial charge in [0.15, 0.2) is 0 Å². The normalized spacial score (nSPS) is 19.3. The molecule has 1 aliphatic heterocycles. The van der Waals surface area contributed by atoms with E-state index in [-0.39, 0.29) is 17.6 Å². The van der Waals surface area contributed by atoms with E-state index in [0.29, 0.717) is 44.1 Å². The molecule has 5 nitrogen and oxygen atoms in total. The van der Waals surface area contributed by atoms with E-state index in [9.17, 15) is 14.7 Å². The van der Waals surface area contributed by atoms with Crippen LogP contribution < -0.4 is 0 Å². The lowest BCUT2D eigenvalue weighted by Gasteiger charge is -2.35. The van der Waals surface area contributed by atoms with E-state index in [2.05, 4.69) is 0 Å². The van der Waals surface area contributed by atoms with E-state index >= 15 is 0 Å². The van der Waals surface area contributed by atoms with Crippen molar-refractivity contribution in [3.63, 3.8) is 0 Å². The lowest BCUT2D eigenvalue weighted by atomic mass is 9.86. The number of aromatic hydroxyl groups is 1. The number of hydrogen-bond acceptors (Lipinski definition) is 3. The van der Waals surface area contributed by atoms with E-state index in [4.69, 9.17) is 0 Å². The molecule has 1 heterocycles. The fraction of sp³-hybridized carbons (Fsp3) is 0.579. The molecule has 0 aromatic heterocycles. The van der Waals surface area contributed by atoms with E-state index < -0.39 is 0 Å². The molecular formula is C19H26N2O3. The molecule has 1 N–H and O–H groups in total. The van der Waals surface area contributed by atoms with Gasteiger partial charge < -0.3 is 14.9 Å². The largest absolute Gasteiger partial charge is 0.508 e. The van der Waals surface area contributed by atoms with Gasteiger partial charge in [-0.1, -0.05) is 25.3 Å². The molecule has 0 bridgehead atoms. The summed E-state index contributed by atoms with van der Waals surface area (Å²) >= 11 is 0. The first-order chi connectivity index (χ1) is 11.6. The number of phenols is 1. The van der Waals surface area contributed by atoms with Crippen molar-refractivity contribution in [3.05, 3.63) is 29.8 Å². The topological polar surface area (TPSA) is 60.9 Å². The Kier molecular flexibility index (Phi) is 5.38. The lowest BCUT2D eigenvalue weighted by molar-refractivity contribution is -0.133. The summed E-state index contributed by atoms with van der Waals surface area (Å²) in [5, 5.41) is 9.51. The highest BCUT2D eigenvalue weighted by Gasteiger charge is 2.26. The number of hydrogen-bond donors (Lipinski definition) is 1. The molecule has 3 rings (SSSR count). The van der Waals surface area contributed by atoms with Crippen LogP contribution in [0.2, 0.25) is 0 Å². The summed E-state index contributed by atoms with van der Waals surface area (Å²) in [6.07, 6.45) is 6.85. The first-order valence-electron chi connectivity index (χ1n) is 8.99. The van der Waals surface area contributed by atoms with Gasteiger partial charge in [-0.3, -0.25) is 9.59 Å². The average Bonchev–Trinajstić information content (AvgIpc) is 2.62. The monoisotopic (exact) mass is 330 g/mol. The molecule has 0 unspecified atom stereocenters. The maximum Gasteiger partial charge on any atom is 0.254 e. The Morgan fingerprint density at radius 3 is 2.33 bits per heavy atom. The first-order valence-corrected chi connectivity index (χ1v) is 8.99. The Morgan fingerprint density at radius 2 is 1.67 bits per heavy atom. The summed E-state index contributed by atoms with van der Waals surface area (Å²) in [7, 11) is 0. The number of benzene rings is 1. The Hall–Kier alpha value is -2.04. The van der Waals surface area contributed by atoms with Gasteiger partial charge in [-0.2, -0.15) is 0 Å². The summed E-state index contributed by atoms with van der Waals surface area (Å²) in [6.45, 7) is 2.34. The highest BCUT2D eigenvalue weighted by atomic mass is 16.3. The minimum atomic E-state index is -0.0784. The van der Waals surface area contributed by atoms with Crippen LogP contribution in [0, 0.1) is 5.92 Å². The van der Waals surface area contributed by atoms with Crippen molar-refractivity contribution in [1.29, 1.82) is 0 Å². The van der Waals surface area contributed by atoms with Gasteiger partial charge in [-0.25, -0.2) is 0 Å². The van der Waals surface area contributed by atoms with Crippen molar-refractivity contribution in [2.75, 3.05) is 26.2 Å². The van der Waals surface area contributed by atoms with E-state index in [1.54, 1.807) is 23.1 Å². The maximum absolute atomic E-state index is 12.5. The zero-order valence-electron chi connectivity index (χ0n) is 14.1. The van der Waals surface area contributed by atoms with Crippen LogP contribution >= 0.6 is 0 Å². The Morgan fingerprint density at radius 1 is 1.00 bits per heavy atom. The summed E-state index contributed by atoms with van der Waals surface area (Å²) < 4.78 is 0. The van der Waals surface area contributed by atoms with Crippen molar-refractivity contribution in [2.45, 2.75) is 38.5 Å². The lowest BCUT2D eigenvalue weighted by Crippen LogP contribution is -2.50. The van der Waals surface area contributed by atoms with Gasteiger partial charge in [0, 0.05) is 38.2 Å². The number of amides is 2. The van der Waals surface area contributed by atoms with Gasteiger partial charge in [0.1, 0.15) is 5.75 Å². The number of rotatable bonds is 3. The van der Waals surface area contributed by atoms with Crippen molar-refractivity contribution in [2.24, 2.45) is 5.92 Å². The molecular weight excluding hydrogens is 304 g/mol. The van der Waals surface area contributed by atoms with Crippen LogP contribution in [-0.2, 0) is 4.79 Å². The van der Waals surface area contributed by atoms with Crippen LogP contribution in [0.5, 0.6) is 5.75 Å². The second-order valence-corrected chi connectivity index (χ2v) is 6.93. The van der Waals surface area contributed by atoms with Gasteiger partial charge >= 0.3 is 0 Å². The molecule has 5 heteroatoms. The van der Waals surface area contributed by atoms with Crippen molar-refractivity contribution in [3.8, 4) is 5.75 Å². The average molecular weight is 330 g/mol. The molecule has 130 valence electrons. The van der Waals surface area contributed by atoms with Crippen LogP contribution in [0.15, 0.2) is 24.3 Å². The number of carbonyl (C=O) groups is 2. The quantitative estimate of drug-likeness (QED) is 0.927. The second kappa shape index (κ2) is 7.69. The van der Waals surface area contributed by atoms with Crippen molar-refractivity contribution < 1.29 is 14.7 Å². The molecule has 2 amide bonds. The van der Waals surface area contributed by atoms with Crippen molar-refractivity contribution in [1.82, 2.24) is 9.80 Å². The van der Waals surface area contributed by atoms with Crippen LogP contribution in [0.3, 0.4) is 0 Å². The second-order valence-electron chi connectivity index (χ2n) is 6.93. The first kappa shape index (κ1) is 16.8. The van der Waals surface area contributed by atoms with Crippen LogP contribution in [0.1, 0.15) is 48.9 Å². The number of carbonyl (C=O) groups excluding carboxylic acids is 2. The summed E-state index contributed by atoms with van der Waals surface area (Å²) in [5.74, 6) is 0.817. The molecule has 24 heavy (non-hydrogen) atoms. The predicted octanol–water partition coefficient (Wildman–Crippen LogP) is 2.65. The Balaban J connectivity index is 1.50. The number of phenolic OH excluding ortho intramolecular Hbond substituents is 1.